The van der Waals surface area contributed by atoms with Crippen LogP contribution in [0, 0.1) is 6.92 Å². The van der Waals surface area contributed by atoms with Crippen molar-refractivity contribution in [2.24, 2.45) is 0 Å². The third-order valence-corrected chi connectivity index (χ3v) is 5.08. The smallest absolute Gasteiger partial charge is 0.297 e. The van der Waals surface area contributed by atoms with E-state index in [-0.39, 0.29) is 4.90 Å². The van der Waals surface area contributed by atoms with E-state index in [1.165, 1.54) is 12.1 Å². The Labute approximate surface area is 148 Å². The van der Waals surface area contributed by atoms with Crippen molar-refractivity contribution in [3.8, 4) is 0 Å². The van der Waals surface area contributed by atoms with Crippen LogP contribution >= 0.6 is 0 Å². The maximum absolute atomic E-state index is 12.5. The van der Waals surface area contributed by atoms with E-state index in [0.717, 1.165) is 11.1 Å². The number of ether oxygens (including phenoxy) is 2. The van der Waals surface area contributed by atoms with Gasteiger partial charge in [0, 0.05) is 0 Å². The number of hydrogen-bond donors (Lipinski definition) is 0. The molecule has 0 amide bonds. The molecule has 1 heterocycles. The largest absolute Gasteiger partial charge is 0.345 e. The van der Waals surface area contributed by atoms with E-state index in [0.29, 0.717) is 13.2 Å². The Morgan fingerprint density at radius 1 is 1.08 bits per heavy atom. The van der Waals surface area contributed by atoms with Crippen molar-refractivity contribution in [3.05, 3.63) is 77.9 Å². The van der Waals surface area contributed by atoms with Crippen molar-refractivity contribution < 1.29 is 22.1 Å². The predicted octanol–water partition coefficient (Wildman–Crippen LogP) is 3.20. The highest BCUT2D eigenvalue weighted by atomic mass is 32.2. The van der Waals surface area contributed by atoms with Crippen molar-refractivity contribution in [2.45, 2.75) is 30.8 Å². The van der Waals surface area contributed by atoms with Gasteiger partial charge < -0.3 is 9.47 Å². The fraction of sp³-hybridized carbons (Fsp3) is 0.263. The molecule has 2 atom stereocenters. The molecule has 6 heteroatoms. The lowest BCUT2D eigenvalue weighted by Crippen LogP contribution is -2.36. The fourth-order valence-electron chi connectivity index (χ4n) is 2.41. The lowest BCUT2D eigenvalue weighted by atomic mass is 10.2. The third-order valence-electron chi connectivity index (χ3n) is 3.76. The van der Waals surface area contributed by atoms with Crippen molar-refractivity contribution in [2.75, 3.05) is 6.61 Å². The maximum atomic E-state index is 12.5. The van der Waals surface area contributed by atoms with Crippen molar-refractivity contribution in [1.29, 1.82) is 0 Å². The Kier molecular flexibility index (Phi) is 5.65. The minimum absolute atomic E-state index is 0.110. The zero-order valence-corrected chi connectivity index (χ0v) is 14.7. The molecule has 0 bridgehead atoms. The molecule has 0 N–H and O–H groups in total. The van der Waals surface area contributed by atoms with Crippen molar-refractivity contribution >= 4 is 10.1 Å². The van der Waals surface area contributed by atoms with Gasteiger partial charge in [-0.2, -0.15) is 8.42 Å². The van der Waals surface area contributed by atoms with E-state index < -0.39 is 22.5 Å². The highest BCUT2D eigenvalue weighted by Crippen LogP contribution is 2.21. The lowest BCUT2D eigenvalue weighted by molar-refractivity contribution is -0.181. The molecular weight excluding hydrogens is 340 g/mol. The van der Waals surface area contributed by atoms with E-state index >= 15 is 0 Å². The Morgan fingerprint density at radius 3 is 2.52 bits per heavy atom. The molecule has 5 nitrogen and oxygen atoms in total. The average molecular weight is 360 g/mol. The second-order valence-corrected chi connectivity index (χ2v) is 7.33. The number of hydrogen-bond acceptors (Lipinski definition) is 5. The molecule has 1 aliphatic heterocycles. The van der Waals surface area contributed by atoms with E-state index in [9.17, 15) is 8.42 Å². The zero-order chi connectivity index (χ0) is 17.7. The summed E-state index contributed by atoms with van der Waals surface area (Å²) in [7, 11) is -3.90. The first-order valence-electron chi connectivity index (χ1n) is 7.98. The van der Waals surface area contributed by atoms with Crippen LogP contribution in [0.1, 0.15) is 11.1 Å². The van der Waals surface area contributed by atoms with Gasteiger partial charge in [0.15, 0.2) is 6.29 Å². The Morgan fingerprint density at radius 2 is 1.80 bits per heavy atom. The molecule has 0 unspecified atom stereocenters. The second-order valence-electron chi connectivity index (χ2n) is 5.75. The molecule has 0 aromatic heterocycles. The Balaban J connectivity index is 1.69. The van der Waals surface area contributed by atoms with Gasteiger partial charge in [-0.05, 0) is 24.6 Å². The molecule has 0 spiro atoms. The summed E-state index contributed by atoms with van der Waals surface area (Å²) < 4.78 is 41.5. The van der Waals surface area contributed by atoms with Crippen LogP contribution < -0.4 is 0 Å². The van der Waals surface area contributed by atoms with Gasteiger partial charge in [-0.1, -0.05) is 60.2 Å². The summed E-state index contributed by atoms with van der Waals surface area (Å²) in [5.41, 5.74) is 1.95. The maximum Gasteiger partial charge on any atom is 0.297 e. The van der Waals surface area contributed by atoms with Gasteiger partial charge in [-0.15, -0.1) is 0 Å². The SMILES string of the molecule is Cc1ccc(S(=O)(=O)O[C@@H]2C=CCO[C@@H]2OCc2ccccc2)cc1. The molecule has 132 valence electrons. The van der Waals surface area contributed by atoms with Gasteiger partial charge in [0.05, 0.1) is 18.1 Å². The van der Waals surface area contributed by atoms with Gasteiger partial charge in [0.2, 0.25) is 0 Å². The molecule has 25 heavy (non-hydrogen) atoms. The van der Waals surface area contributed by atoms with Gasteiger partial charge in [0.1, 0.15) is 6.10 Å². The molecule has 2 aromatic rings. The van der Waals surface area contributed by atoms with E-state index in [1.54, 1.807) is 24.3 Å². The first-order valence-corrected chi connectivity index (χ1v) is 9.39. The normalized spacial score (nSPS) is 20.5. The standard InChI is InChI=1S/C19H20O5S/c1-15-9-11-17(12-10-15)25(20,21)24-18-8-5-13-22-19(18)23-14-16-6-3-2-4-7-16/h2-12,18-19H,13-14H2,1H3/t18-,19-/m1/s1. The average Bonchev–Trinajstić information content (AvgIpc) is 2.62. The number of aryl methyl sites for hydroxylation is 1. The minimum Gasteiger partial charge on any atom is -0.345 e. The molecule has 0 saturated heterocycles. The Hall–Kier alpha value is -1.99. The molecule has 0 saturated carbocycles. The molecule has 1 aliphatic rings. The summed E-state index contributed by atoms with van der Waals surface area (Å²) in [6.07, 6.45) is 1.76. The van der Waals surface area contributed by atoms with Gasteiger partial charge in [-0.3, -0.25) is 4.18 Å². The summed E-state index contributed by atoms with van der Waals surface area (Å²) >= 11 is 0. The molecule has 0 radical (unpaired) electrons. The van der Waals surface area contributed by atoms with Crippen LogP contribution in [-0.4, -0.2) is 27.4 Å². The summed E-state index contributed by atoms with van der Waals surface area (Å²) in [4.78, 5) is 0.110. The van der Waals surface area contributed by atoms with Crippen molar-refractivity contribution in [3.63, 3.8) is 0 Å². The fourth-order valence-corrected chi connectivity index (χ4v) is 3.43. The van der Waals surface area contributed by atoms with Crippen LogP contribution in [-0.2, 0) is 30.4 Å². The second kappa shape index (κ2) is 7.93. The highest BCUT2D eigenvalue weighted by Gasteiger charge is 2.30. The zero-order valence-electron chi connectivity index (χ0n) is 13.9. The lowest BCUT2D eigenvalue weighted by Gasteiger charge is -2.27. The summed E-state index contributed by atoms with van der Waals surface area (Å²) in [5, 5.41) is 0. The van der Waals surface area contributed by atoms with Crippen LogP contribution in [0.2, 0.25) is 0 Å². The Bertz CT molecular complexity index is 813. The summed E-state index contributed by atoms with van der Waals surface area (Å²) in [6.45, 7) is 2.55. The van der Waals surface area contributed by atoms with Crippen LogP contribution in [0.25, 0.3) is 0 Å². The van der Waals surface area contributed by atoms with Gasteiger partial charge in [0.25, 0.3) is 10.1 Å². The van der Waals surface area contributed by atoms with Crippen LogP contribution in [0.3, 0.4) is 0 Å². The first-order chi connectivity index (χ1) is 12.0. The van der Waals surface area contributed by atoms with E-state index in [2.05, 4.69) is 0 Å². The highest BCUT2D eigenvalue weighted by molar-refractivity contribution is 7.86. The molecule has 0 fully saturated rings. The quantitative estimate of drug-likeness (QED) is 0.585. The first kappa shape index (κ1) is 17.8. The van der Waals surface area contributed by atoms with E-state index in [1.807, 2.05) is 37.3 Å². The van der Waals surface area contributed by atoms with Crippen LogP contribution in [0.15, 0.2) is 71.6 Å². The third kappa shape index (κ3) is 4.76. The summed E-state index contributed by atoms with van der Waals surface area (Å²) in [6, 6.07) is 16.1. The minimum atomic E-state index is -3.90. The van der Waals surface area contributed by atoms with Crippen LogP contribution in [0.4, 0.5) is 0 Å². The number of benzene rings is 2. The number of rotatable bonds is 6. The topological polar surface area (TPSA) is 61.8 Å². The summed E-state index contributed by atoms with van der Waals surface area (Å²) in [5.74, 6) is 0. The molecule has 2 aromatic carbocycles. The van der Waals surface area contributed by atoms with Crippen LogP contribution in [0.5, 0.6) is 0 Å². The molecular formula is C19H20O5S. The molecule has 3 rings (SSSR count). The molecule has 0 aliphatic carbocycles. The monoisotopic (exact) mass is 360 g/mol. The van der Waals surface area contributed by atoms with Gasteiger partial charge >= 0.3 is 0 Å². The van der Waals surface area contributed by atoms with Gasteiger partial charge in [-0.25, -0.2) is 0 Å². The van der Waals surface area contributed by atoms with Crippen molar-refractivity contribution in [1.82, 2.24) is 0 Å². The van der Waals surface area contributed by atoms with E-state index in [4.69, 9.17) is 13.7 Å². The predicted molar refractivity (Wildman–Crippen MR) is 93.3 cm³/mol.